The van der Waals surface area contributed by atoms with E-state index in [0.717, 1.165) is 21.2 Å². The van der Waals surface area contributed by atoms with Gasteiger partial charge in [0.05, 0.1) is 0 Å². The fourth-order valence-electron chi connectivity index (χ4n) is 0. The maximum absolute atomic E-state index is 9.51. The Bertz CT molecular complexity index is 110. The predicted molar refractivity (Wildman–Crippen MR) is 26.7 cm³/mol. The maximum Gasteiger partial charge on any atom is 0.347 e. The van der Waals surface area contributed by atoms with Crippen LogP contribution in [0.4, 0.5) is 0 Å². The van der Waals surface area contributed by atoms with Crippen molar-refractivity contribution in [1.82, 2.24) is 0 Å². The molecular weight excluding hydrogens is 223 g/mol. The van der Waals surface area contributed by atoms with Crippen LogP contribution in [0, 0.1) is 0 Å². The number of rotatable bonds is 1. The van der Waals surface area contributed by atoms with Gasteiger partial charge in [-0.1, -0.05) is 0 Å². The molecule has 0 fully saturated rings. The molecule has 0 radical (unpaired) electrons. The van der Waals surface area contributed by atoms with Crippen LogP contribution in [0.25, 0.3) is 0 Å². The summed E-state index contributed by atoms with van der Waals surface area (Å²) in [5, 5.41) is 7.31. The van der Waals surface area contributed by atoms with Crippen molar-refractivity contribution < 1.29 is 18.0 Å². The lowest BCUT2D eigenvalue weighted by atomic mass is 15.0. The molecule has 0 amide bonds. The lowest BCUT2D eigenvalue weighted by Gasteiger charge is -1.78. The van der Waals surface area contributed by atoms with Crippen LogP contribution in [0.3, 0.4) is 0 Å². The van der Waals surface area contributed by atoms with Crippen LogP contribution in [0.2, 0.25) is 0 Å². The largest absolute Gasteiger partial charge is 0.347 e. The zero-order valence-electron chi connectivity index (χ0n) is 2.46. The van der Waals surface area contributed by atoms with Gasteiger partial charge in [0, 0.05) is 0 Å². The summed E-state index contributed by atoms with van der Waals surface area (Å²) in [5.41, 5.74) is 0. The van der Waals surface area contributed by atoms with Crippen molar-refractivity contribution in [3.63, 3.8) is 0 Å². The fourth-order valence-corrected chi connectivity index (χ4v) is 0. The van der Waals surface area contributed by atoms with Gasteiger partial charge in [-0.05, 0) is 0 Å². The molecule has 0 spiro atoms. The Morgan fingerprint density at radius 3 is 1.83 bits per heavy atom. The van der Waals surface area contributed by atoms with Crippen LogP contribution in [0.15, 0.2) is 0 Å². The van der Waals surface area contributed by atoms with Crippen LogP contribution >= 0.6 is 21.2 Å². The Balaban J connectivity index is 3.85. The van der Waals surface area contributed by atoms with Gasteiger partial charge in [-0.15, -0.1) is 4.33 Å². The average molecular weight is 224 g/mol. The quantitative estimate of drug-likeness (QED) is 0.298. The highest BCUT2D eigenvalue weighted by atomic mass is 127. The normalized spacial score (nSPS) is 11.7. The number of halogens is 1. The van der Waals surface area contributed by atoms with Gasteiger partial charge in [-0.2, -0.15) is 8.42 Å². The van der Waals surface area contributed by atoms with E-state index in [0.29, 0.717) is 0 Å². The van der Waals surface area contributed by atoms with E-state index < -0.39 is 7.29 Å². The van der Waals surface area contributed by atoms with Crippen LogP contribution in [-0.4, -0.2) is 13.7 Å². The van der Waals surface area contributed by atoms with Crippen molar-refractivity contribution in [2.24, 2.45) is 0 Å². The summed E-state index contributed by atoms with van der Waals surface area (Å²) in [4.78, 5) is 0. The minimum Gasteiger partial charge on any atom is -0.234 e. The predicted octanol–water partition coefficient (Wildman–Crippen LogP) is 0.156. The van der Waals surface area contributed by atoms with Gasteiger partial charge in [0.2, 0.25) is 0 Å². The standard InChI is InChI=1S/HIO4S/c1-6(3,4)5-2/h2H. The highest BCUT2D eigenvalue weighted by Gasteiger charge is 1.97. The summed E-state index contributed by atoms with van der Waals surface area (Å²) < 4.78 is 21.9. The molecule has 0 aliphatic heterocycles. The zero-order chi connectivity index (χ0) is 5.21. The van der Waals surface area contributed by atoms with Crippen LogP contribution in [0.1, 0.15) is 0 Å². The number of hydrogen-bond acceptors (Lipinski definition) is 4. The topological polar surface area (TPSA) is 63.6 Å². The molecule has 0 aliphatic rings. The third-order valence-corrected chi connectivity index (χ3v) is 0.750. The van der Waals surface area contributed by atoms with Gasteiger partial charge < -0.3 is 0 Å². The second kappa shape index (κ2) is 2.05. The molecule has 0 aromatic carbocycles. The Morgan fingerprint density at radius 2 is 1.83 bits per heavy atom. The summed E-state index contributed by atoms with van der Waals surface area (Å²) >= 11 is 0.941. The molecule has 6 heteroatoms. The lowest BCUT2D eigenvalue weighted by molar-refractivity contribution is -0.126. The van der Waals surface area contributed by atoms with Crippen molar-refractivity contribution in [1.29, 1.82) is 0 Å². The minimum atomic E-state index is -3.64. The van der Waals surface area contributed by atoms with Crippen molar-refractivity contribution in [2.75, 3.05) is 0 Å². The molecule has 0 aliphatic carbocycles. The molecule has 0 rings (SSSR count). The second-order valence-electron chi connectivity index (χ2n) is 0.468. The summed E-state index contributed by atoms with van der Waals surface area (Å²) in [5.74, 6) is 0. The highest BCUT2D eigenvalue weighted by Crippen LogP contribution is 1.98. The van der Waals surface area contributed by atoms with E-state index in [1.165, 1.54) is 0 Å². The van der Waals surface area contributed by atoms with E-state index in [4.69, 9.17) is 5.26 Å². The van der Waals surface area contributed by atoms with Crippen molar-refractivity contribution in [3.8, 4) is 0 Å². The number of hydrogen-bond donors (Lipinski definition) is 1. The van der Waals surface area contributed by atoms with Crippen molar-refractivity contribution in [3.05, 3.63) is 0 Å². The lowest BCUT2D eigenvalue weighted by Crippen LogP contribution is -1.87. The third-order valence-electron chi connectivity index (χ3n) is 0.0890. The van der Waals surface area contributed by atoms with E-state index in [-0.39, 0.29) is 0 Å². The molecule has 6 heavy (non-hydrogen) atoms. The molecular formula is HIO4S. The molecule has 0 unspecified atom stereocenters. The van der Waals surface area contributed by atoms with Gasteiger partial charge in [0.15, 0.2) is 0 Å². The first-order valence-corrected chi connectivity index (χ1v) is 4.79. The van der Waals surface area contributed by atoms with Gasteiger partial charge in [-0.25, -0.2) is 5.26 Å². The Kier molecular flexibility index (Phi) is 2.26. The summed E-state index contributed by atoms with van der Waals surface area (Å²) in [6, 6.07) is 0. The van der Waals surface area contributed by atoms with Crippen molar-refractivity contribution in [2.45, 2.75) is 0 Å². The first-order valence-electron chi connectivity index (χ1n) is 0.837. The molecule has 1 N–H and O–H groups in total. The molecule has 38 valence electrons. The van der Waals surface area contributed by atoms with Crippen LogP contribution in [0.5, 0.6) is 0 Å². The highest BCUT2D eigenvalue weighted by molar-refractivity contribution is 14.2. The third kappa shape index (κ3) is 4.60. The first kappa shape index (κ1) is 6.60. The monoisotopic (exact) mass is 224 g/mol. The average Bonchev–Trinajstić information content (AvgIpc) is 1.35. The molecule has 0 saturated carbocycles. The molecule has 0 saturated heterocycles. The van der Waals surface area contributed by atoms with Crippen LogP contribution in [-0.2, 0) is 11.6 Å². The Hall–Kier alpha value is 0.600. The smallest absolute Gasteiger partial charge is 0.234 e. The molecule has 0 aromatic rings. The summed E-state index contributed by atoms with van der Waals surface area (Å²) in [6.45, 7) is 0. The Labute approximate surface area is 46.8 Å². The zero-order valence-corrected chi connectivity index (χ0v) is 5.43. The molecule has 0 bridgehead atoms. The van der Waals surface area contributed by atoms with Gasteiger partial charge in [-0.3, -0.25) is 0 Å². The Morgan fingerprint density at radius 1 is 1.67 bits per heavy atom. The van der Waals surface area contributed by atoms with Gasteiger partial charge >= 0.3 is 7.29 Å². The van der Waals surface area contributed by atoms with Crippen LogP contribution < -0.4 is 0 Å². The summed E-state index contributed by atoms with van der Waals surface area (Å²) in [7, 11) is -3.64. The van der Waals surface area contributed by atoms with E-state index in [1.807, 2.05) is 0 Å². The van der Waals surface area contributed by atoms with Gasteiger partial charge in [0.25, 0.3) is 0 Å². The fraction of sp³-hybridized carbons (Fsp3) is 0. The summed E-state index contributed by atoms with van der Waals surface area (Å²) in [6.07, 6.45) is 0. The van der Waals surface area contributed by atoms with E-state index in [1.54, 1.807) is 0 Å². The maximum atomic E-state index is 9.51. The van der Waals surface area contributed by atoms with E-state index in [9.17, 15) is 8.42 Å². The van der Waals surface area contributed by atoms with E-state index in [2.05, 4.69) is 4.33 Å². The molecule has 0 aromatic heterocycles. The SMILES string of the molecule is O=S(=O)(I)OO. The van der Waals surface area contributed by atoms with E-state index >= 15 is 0 Å². The minimum absolute atomic E-state index is 0.941. The first-order chi connectivity index (χ1) is 2.56. The van der Waals surface area contributed by atoms with Crippen molar-refractivity contribution >= 4 is 28.5 Å². The second-order valence-corrected chi connectivity index (χ2v) is 4.64. The molecule has 0 heterocycles. The molecule has 4 nitrogen and oxygen atoms in total. The molecule has 0 atom stereocenters. The van der Waals surface area contributed by atoms with Gasteiger partial charge in [0.1, 0.15) is 21.2 Å².